The van der Waals surface area contributed by atoms with Gasteiger partial charge in [0.25, 0.3) is 0 Å². The van der Waals surface area contributed by atoms with Crippen molar-refractivity contribution < 1.29 is 0 Å². The topological polar surface area (TPSA) is 61.9 Å². The van der Waals surface area contributed by atoms with E-state index >= 15 is 0 Å². The number of hydrogen-bond acceptors (Lipinski definition) is 2. The normalized spacial score (nSPS) is 14.5. The molecule has 11 rings (SSSR count). The molecule has 0 amide bonds. The Balaban J connectivity index is 1.07. The first-order valence-electron chi connectivity index (χ1n) is 20.5. The van der Waals surface area contributed by atoms with E-state index in [0.717, 1.165) is 44.2 Å². The summed E-state index contributed by atoms with van der Waals surface area (Å²) in [6.07, 6.45) is 1.71. The van der Waals surface area contributed by atoms with Crippen molar-refractivity contribution in [2.45, 2.75) is 31.3 Å². The van der Waals surface area contributed by atoms with Crippen LogP contribution in [0.15, 0.2) is 194 Å². The molecule has 284 valence electrons. The summed E-state index contributed by atoms with van der Waals surface area (Å²) in [6, 6.07) is 67.6. The molecule has 1 aliphatic carbocycles. The fourth-order valence-electron chi connectivity index (χ4n) is 9.91. The largest absolute Gasteiger partial charge is 0.398 e. The molecular formula is C55H44N4. The van der Waals surface area contributed by atoms with Gasteiger partial charge in [-0.05, 0) is 93.0 Å². The third kappa shape index (κ3) is 5.48. The van der Waals surface area contributed by atoms with Gasteiger partial charge >= 0.3 is 0 Å². The predicted molar refractivity (Wildman–Crippen MR) is 248 cm³/mol. The molecule has 4 heteroatoms. The van der Waals surface area contributed by atoms with Gasteiger partial charge in [-0.15, -0.1) is 0 Å². The first-order chi connectivity index (χ1) is 28.9. The molecular weight excluding hydrogens is 717 g/mol. The first kappa shape index (κ1) is 35.1. The van der Waals surface area contributed by atoms with Gasteiger partial charge in [0, 0.05) is 44.3 Å². The van der Waals surface area contributed by atoms with Crippen LogP contribution in [-0.2, 0) is 5.41 Å². The maximum absolute atomic E-state index is 7.65. The summed E-state index contributed by atoms with van der Waals surface area (Å²) in [5, 5.41) is 4.81. The van der Waals surface area contributed by atoms with Crippen molar-refractivity contribution in [3.05, 3.63) is 216 Å². The van der Waals surface area contributed by atoms with Crippen LogP contribution >= 0.6 is 0 Å². The third-order valence-corrected chi connectivity index (χ3v) is 12.9. The second-order valence-electron chi connectivity index (χ2n) is 16.5. The van der Waals surface area contributed by atoms with E-state index in [4.69, 9.17) is 11.5 Å². The Hall–Kier alpha value is -7.14. The summed E-state index contributed by atoms with van der Waals surface area (Å²) < 4.78 is 4.70. The highest BCUT2D eigenvalue weighted by molar-refractivity contribution is 6.11. The molecule has 10 aromatic rings. The molecule has 0 saturated carbocycles. The van der Waals surface area contributed by atoms with E-state index in [1.165, 1.54) is 49.6 Å². The highest BCUT2D eigenvalue weighted by Gasteiger charge is 2.35. The second kappa shape index (κ2) is 13.5. The lowest BCUT2D eigenvalue weighted by Crippen LogP contribution is -2.25. The van der Waals surface area contributed by atoms with E-state index in [9.17, 15) is 0 Å². The average Bonchev–Trinajstić information content (AvgIpc) is 3.88. The molecule has 0 aliphatic heterocycles. The monoisotopic (exact) mass is 760 g/mol. The van der Waals surface area contributed by atoms with Crippen molar-refractivity contribution in [2.75, 3.05) is 0 Å². The minimum absolute atomic E-state index is 0.133. The Labute approximate surface area is 344 Å². The molecule has 1 aliphatic rings. The zero-order chi connectivity index (χ0) is 39.8. The van der Waals surface area contributed by atoms with Gasteiger partial charge in [-0.1, -0.05) is 159 Å². The number of nitrogens with zero attached hydrogens (tertiary/aromatic N) is 2. The number of aromatic nitrogens is 2. The van der Waals surface area contributed by atoms with Crippen LogP contribution in [0.1, 0.15) is 48.2 Å². The van der Waals surface area contributed by atoms with E-state index in [2.05, 4.69) is 217 Å². The molecule has 59 heavy (non-hydrogen) atoms. The standard InChI is InChI=1S/C55H44N4/c1-55(2)47-20-10-6-16-40(47)41-30-28-38(32-48(41)55)49(56)34-45(37-26-24-36(25-27-37)35-14-4-3-5-15-35)54(57)59-52-23-13-9-19-44(52)46-33-39(29-31-53(46)59)58-50-21-11-7-17-42(50)43-18-8-12-22-51(43)58/h3-34,45,54H,56-57H2,1-2H3/b49-34-/t45?,54-/m0/s1. The lowest BCUT2D eigenvalue weighted by Gasteiger charge is -2.26. The smallest absolute Gasteiger partial charge is 0.0926 e. The third-order valence-electron chi connectivity index (χ3n) is 12.9. The Morgan fingerprint density at radius 3 is 1.78 bits per heavy atom. The average molecular weight is 761 g/mol. The van der Waals surface area contributed by atoms with Crippen LogP contribution in [0.25, 0.3) is 77.2 Å². The van der Waals surface area contributed by atoms with E-state index in [0.29, 0.717) is 5.70 Å². The summed E-state index contributed by atoms with van der Waals surface area (Å²) in [7, 11) is 0. The number of hydrogen-bond donors (Lipinski definition) is 2. The van der Waals surface area contributed by atoms with Gasteiger partial charge in [-0.2, -0.15) is 0 Å². The Bertz CT molecular complexity index is 3220. The quantitative estimate of drug-likeness (QED) is 0.170. The second-order valence-corrected chi connectivity index (χ2v) is 16.5. The van der Waals surface area contributed by atoms with Crippen molar-refractivity contribution in [3.8, 4) is 27.9 Å². The molecule has 0 fully saturated rings. The Morgan fingerprint density at radius 1 is 0.508 bits per heavy atom. The molecule has 2 aromatic heterocycles. The first-order valence-corrected chi connectivity index (χ1v) is 20.5. The van der Waals surface area contributed by atoms with E-state index in [-0.39, 0.29) is 11.3 Å². The summed E-state index contributed by atoms with van der Waals surface area (Å²) in [5.74, 6) is -0.255. The number of rotatable bonds is 7. The lowest BCUT2D eigenvalue weighted by molar-refractivity contribution is 0.501. The van der Waals surface area contributed by atoms with Gasteiger partial charge in [0.1, 0.15) is 0 Å². The van der Waals surface area contributed by atoms with Crippen LogP contribution in [0, 0.1) is 0 Å². The van der Waals surface area contributed by atoms with Crippen LogP contribution in [0.5, 0.6) is 0 Å². The maximum atomic E-state index is 7.65. The minimum Gasteiger partial charge on any atom is -0.398 e. The number of nitrogens with two attached hydrogens (primary N) is 2. The van der Waals surface area contributed by atoms with Gasteiger partial charge in [-0.25, -0.2) is 0 Å². The SMILES string of the molecule is CC1(C)c2ccccc2-c2ccc(/C(N)=C/C(c3ccc(-c4ccccc4)cc3)[C@@H](N)n3c4ccccc4c4cc(-n5c6ccccc6c6ccccc65)ccc43)cc21. The molecule has 2 heterocycles. The van der Waals surface area contributed by atoms with Crippen molar-refractivity contribution in [2.24, 2.45) is 11.5 Å². The van der Waals surface area contributed by atoms with Crippen molar-refractivity contribution in [1.29, 1.82) is 0 Å². The predicted octanol–water partition coefficient (Wildman–Crippen LogP) is 13.1. The van der Waals surface area contributed by atoms with Gasteiger partial charge < -0.3 is 20.6 Å². The number of para-hydroxylation sites is 3. The van der Waals surface area contributed by atoms with Crippen molar-refractivity contribution in [1.82, 2.24) is 9.13 Å². The Kier molecular flexibility index (Phi) is 8.01. The lowest BCUT2D eigenvalue weighted by atomic mass is 9.81. The number of fused-ring (bicyclic) bond motifs is 9. The molecule has 0 saturated heterocycles. The van der Waals surface area contributed by atoms with E-state index in [1.807, 2.05) is 0 Å². The molecule has 0 bridgehead atoms. The molecule has 1 unspecified atom stereocenters. The van der Waals surface area contributed by atoms with Gasteiger partial charge in [0.2, 0.25) is 0 Å². The van der Waals surface area contributed by atoms with Crippen LogP contribution in [0.3, 0.4) is 0 Å². The summed E-state index contributed by atoms with van der Waals surface area (Å²) in [4.78, 5) is 0. The van der Waals surface area contributed by atoms with Gasteiger partial charge in [0.05, 0.1) is 28.2 Å². The molecule has 0 spiro atoms. The zero-order valence-electron chi connectivity index (χ0n) is 33.2. The van der Waals surface area contributed by atoms with Crippen LogP contribution in [-0.4, -0.2) is 9.13 Å². The van der Waals surface area contributed by atoms with E-state index < -0.39 is 6.17 Å². The fraction of sp³-hybridized carbons (Fsp3) is 0.0909. The fourth-order valence-corrected chi connectivity index (χ4v) is 9.91. The molecule has 4 nitrogen and oxygen atoms in total. The minimum atomic E-state index is -0.479. The van der Waals surface area contributed by atoms with Crippen molar-refractivity contribution >= 4 is 49.3 Å². The zero-order valence-corrected chi connectivity index (χ0v) is 33.2. The highest BCUT2D eigenvalue weighted by Crippen LogP contribution is 2.49. The Morgan fingerprint density at radius 2 is 1.07 bits per heavy atom. The van der Waals surface area contributed by atoms with Gasteiger partial charge in [0.15, 0.2) is 0 Å². The molecule has 8 aromatic carbocycles. The summed E-state index contributed by atoms with van der Waals surface area (Å²) >= 11 is 0. The summed E-state index contributed by atoms with van der Waals surface area (Å²) in [6.45, 7) is 4.62. The summed E-state index contributed by atoms with van der Waals surface area (Å²) in [5.41, 5.74) is 30.8. The highest BCUT2D eigenvalue weighted by atomic mass is 15.1. The van der Waals surface area contributed by atoms with Crippen molar-refractivity contribution in [3.63, 3.8) is 0 Å². The van der Waals surface area contributed by atoms with Gasteiger partial charge in [-0.3, -0.25) is 0 Å². The van der Waals surface area contributed by atoms with Crippen LogP contribution in [0.4, 0.5) is 0 Å². The van der Waals surface area contributed by atoms with Crippen LogP contribution < -0.4 is 11.5 Å². The molecule has 2 atom stereocenters. The number of benzene rings is 8. The van der Waals surface area contributed by atoms with E-state index in [1.54, 1.807) is 0 Å². The maximum Gasteiger partial charge on any atom is 0.0926 e. The van der Waals surface area contributed by atoms with Crippen LogP contribution in [0.2, 0.25) is 0 Å². The molecule has 0 radical (unpaired) electrons. The molecule has 4 N–H and O–H groups in total.